The van der Waals surface area contributed by atoms with Gasteiger partial charge in [-0.25, -0.2) is 0 Å². The van der Waals surface area contributed by atoms with E-state index in [1.165, 1.54) is 25.7 Å². The van der Waals surface area contributed by atoms with E-state index in [1.807, 2.05) is 0 Å². The Hall–Kier alpha value is -0.940. The second kappa shape index (κ2) is 5.45. The molecule has 2 heterocycles. The molecule has 1 aliphatic heterocycles. The first-order valence-electron chi connectivity index (χ1n) is 8.11. The van der Waals surface area contributed by atoms with E-state index in [-0.39, 0.29) is 0 Å². The van der Waals surface area contributed by atoms with Crippen molar-refractivity contribution >= 4 is 0 Å². The van der Waals surface area contributed by atoms with Crippen molar-refractivity contribution in [3.63, 3.8) is 0 Å². The van der Waals surface area contributed by atoms with Gasteiger partial charge in [-0.2, -0.15) is 4.98 Å². The van der Waals surface area contributed by atoms with Crippen LogP contribution >= 0.6 is 0 Å². The number of rotatable bonds is 4. The summed E-state index contributed by atoms with van der Waals surface area (Å²) in [5.41, 5.74) is 0. The van der Waals surface area contributed by atoms with Gasteiger partial charge < -0.3 is 9.84 Å². The van der Waals surface area contributed by atoms with Crippen LogP contribution in [0.4, 0.5) is 0 Å². The van der Waals surface area contributed by atoms with Crippen molar-refractivity contribution in [2.24, 2.45) is 17.8 Å². The summed E-state index contributed by atoms with van der Waals surface area (Å²) in [4.78, 5) is 7.00. The van der Waals surface area contributed by atoms with Gasteiger partial charge in [0.1, 0.15) is 0 Å². The molecule has 0 spiro atoms. The molecule has 0 radical (unpaired) electrons. The smallest absolute Gasteiger partial charge is 0.226 e. The van der Waals surface area contributed by atoms with Crippen molar-refractivity contribution < 1.29 is 4.52 Å². The second-order valence-corrected chi connectivity index (χ2v) is 6.77. The lowest BCUT2D eigenvalue weighted by atomic mass is 9.86. The summed E-state index contributed by atoms with van der Waals surface area (Å²) < 4.78 is 5.47. The maximum atomic E-state index is 5.47. The first-order valence-corrected chi connectivity index (χ1v) is 8.11. The van der Waals surface area contributed by atoms with Gasteiger partial charge in [-0.1, -0.05) is 11.6 Å². The van der Waals surface area contributed by atoms with E-state index in [0.717, 1.165) is 68.6 Å². The lowest BCUT2D eigenvalue weighted by Gasteiger charge is -2.25. The highest BCUT2D eigenvalue weighted by Gasteiger charge is 2.40. The van der Waals surface area contributed by atoms with Crippen LogP contribution in [0.1, 0.15) is 37.4 Å². The molecule has 5 heteroatoms. The standard InChI is InChI=1S/C15H24N4O/c1-2-12-7-11(1)8-13(12)9-15-17-14(18-20-15)10-19-5-3-16-4-6-19/h11-13,16H,1-10H2. The SMILES string of the molecule is C1CN(Cc2noc(CC3CC4CCC3C4)n2)CCN1. The van der Waals surface area contributed by atoms with Crippen molar-refractivity contribution in [2.45, 2.75) is 38.6 Å². The molecule has 1 saturated heterocycles. The van der Waals surface area contributed by atoms with Gasteiger partial charge in [0.05, 0.1) is 6.54 Å². The molecule has 2 aliphatic carbocycles. The fourth-order valence-electron chi connectivity index (χ4n) is 4.36. The van der Waals surface area contributed by atoms with E-state index < -0.39 is 0 Å². The van der Waals surface area contributed by atoms with Gasteiger partial charge in [-0.15, -0.1) is 0 Å². The number of hydrogen-bond acceptors (Lipinski definition) is 5. The van der Waals surface area contributed by atoms with Gasteiger partial charge >= 0.3 is 0 Å². The Kier molecular flexibility index (Phi) is 3.48. The number of piperazine rings is 1. The lowest BCUT2D eigenvalue weighted by Crippen LogP contribution is -2.43. The van der Waals surface area contributed by atoms with Crippen LogP contribution in [0.15, 0.2) is 4.52 Å². The fourth-order valence-corrected chi connectivity index (χ4v) is 4.36. The van der Waals surface area contributed by atoms with E-state index in [1.54, 1.807) is 0 Å². The average molecular weight is 276 g/mol. The van der Waals surface area contributed by atoms with Gasteiger partial charge in [0, 0.05) is 32.6 Å². The van der Waals surface area contributed by atoms with Crippen molar-refractivity contribution in [3.05, 3.63) is 11.7 Å². The highest BCUT2D eigenvalue weighted by atomic mass is 16.5. The Balaban J connectivity index is 1.33. The van der Waals surface area contributed by atoms with Crippen LogP contribution in [0.2, 0.25) is 0 Å². The Morgan fingerprint density at radius 1 is 1.20 bits per heavy atom. The quantitative estimate of drug-likeness (QED) is 0.902. The highest BCUT2D eigenvalue weighted by molar-refractivity contribution is 4.96. The molecule has 0 amide bonds. The number of nitrogens with one attached hydrogen (secondary N) is 1. The fraction of sp³-hybridized carbons (Fsp3) is 0.867. The highest BCUT2D eigenvalue weighted by Crippen LogP contribution is 2.49. The molecular formula is C15H24N4O. The molecule has 2 saturated carbocycles. The van der Waals surface area contributed by atoms with E-state index >= 15 is 0 Å². The molecule has 3 aliphatic rings. The van der Waals surface area contributed by atoms with Crippen molar-refractivity contribution in [1.29, 1.82) is 0 Å². The first kappa shape index (κ1) is 12.8. The first-order chi connectivity index (χ1) is 9.87. The third-order valence-electron chi connectivity index (χ3n) is 5.41. The third-order valence-corrected chi connectivity index (χ3v) is 5.41. The average Bonchev–Trinajstić information content (AvgIpc) is 3.17. The van der Waals surface area contributed by atoms with Crippen LogP contribution in [0.25, 0.3) is 0 Å². The summed E-state index contributed by atoms with van der Waals surface area (Å²) in [6.07, 6.45) is 6.73. The van der Waals surface area contributed by atoms with E-state index in [9.17, 15) is 0 Å². The van der Waals surface area contributed by atoms with E-state index in [2.05, 4.69) is 20.4 Å². The number of fused-ring (bicyclic) bond motifs is 2. The topological polar surface area (TPSA) is 54.2 Å². The predicted molar refractivity (Wildman–Crippen MR) is 75.1 cm³/mol. The zero-order chi connectivity index (χ0) is 13.4. The minimum absolute atomic E-state index is 0.807. The third kappa shape index (κ3) is 2.61. The summed E-state index contributed by atoms with van der Waals surface area (Å²) >= 11 is 0. The molecule has 110 valence electrons. The summed E-state index contributed by atoms with van der Waals surface area (Å²) in [6, 6.07) is 0. The largest absolute Gasteiger partial charge is 0.339 e. The van der Waals surface area contributed by atoms with Crippen LogP contribution in [0.5, 0.6) is 0 Å². The summed E-state index contributed by atoms with van der Waals surface area (Å²) in [7, 11) is 0. The van der Waals surface area contributed by atoms with Gasteiger partial charge in [0.2, 0.25) is 5.89 Å². The molecule has 5 nitrogen and oxygen atoms in total. The monoisotopic (exact) mass is 276 g/mol. The molecule has 2 bridgehead atoms. The molecule has 4 rings (SSSR count). The number of hydrogen-bond donors (Lipinski definition) is 1. The zero-order valence-electron chi connectivity index (χ0n) is 12.1. The predicted octanol–water partition coefficient (Wildman–Crippen LogP) is 1.45. The van der Waals surface area contributed by atoms with Gasteiger partial charge in [-0.05, 0) is 37.0 Å². The van der Waals surface area contributed by atoms with Crippen LogP contribution in [-0.2, 0) is 13.0 Å². The number of nitrogens with zero attached hydrogens (tertiary/aromatic N) is 3. The molecule has 3 fully saturated rings. The summed E-state index contributed by atoms with van der Waals surface area (Å²) in [5, 5.41) is 7.53. The van der Waals surface area contributed by atoms with Gasteiger partial charge in [0.25, 0.3) is 0 Å². The minimum Gasteiger partial charge on any atom is -0.339 e. The van der Waals surface area contributed by atoms with Crippen molar-refractivity contribution in [1.82, 2.24) is 20.4 Å². The van der Waals surface area contributed by atoms with Crippen LogP contribution in [-0.4, -0.2) is 41.2 Å². The van der Waals surface area contributed by atoms with Crippen LogP contribution < -0.4 is 5.32 Å². The van der Waals surface area contributed by atoms with Crippen LogP contribution in [0.3, 0.4) is 0 Å². The normalized spacial score (nSPS) is 33.9. The Morgan fingerprint density at radius 3 is 2.85 bits per heavy atom. The minimum atomic E-state index is 0.807. The maximum absolute atomic E-state index is 5.47. The molecular weight excluding hydrogens is 252 g/mol. The molecule has 1 aromatic rings. The van der Waals surface area contributed by atoms with Crippen molar-refractivity contribution in [3.8, 4) is 0 Å². The molecule has 20 heavy (non-hydrogen) atoms. The van der Waals surface area contributed by atoms with Gasteiger partial charge in [0.15, 0.2) is 5.82 Å². The van der Waals surface area contributed by atoms with E-state index in [0.29, 0.717) is 0 Å². The Labute approximate surface area is 120 Å². The van der Waals surface area contributed by atoms with Crippen LogP contribution in [0, 0.1) is 17.8 Å². The summed E-state index contributed by atoms with van der Waals surface area (Å²) in [5.74, 6) is 4.47. The number of aromatic nitrogens is 2. The zero-order valence-corrected chi connectivity index (χ0v) is 12.1. The maximum Gasteiger partial charge on any atom is 0.226 e. The Bertz CT molecular complexity index is 454. The van der Waals surface area contributed by atoms with Gasteiger partial charge in [-0.3, -0.25) is 4.90 Å². The molecule has 3 unspecified atom stereocenters. The van der Waals surface area contributed by atoms with E-state index in [4.69, 9.17) is 4.52 Å². The molecule has 0 aromatic carbocycles. The second-order valence-electron chi connectivity index (χ2n) is 6.77. The van der Waals surface area contributed by atoms with Crippen molar-refractivity contribution in [2.75, 3.05) is 26.2 Å². The Morgan fingerprint density at radius 2 is 2.10 bits per heavy atom. The lowest BCUT2D eigenvalue weighted by molar-refractivity contribution is 0.224. The molecule has 3 atom stereocenters. The summed E-state index contributed by atoms with van der Waals surface area (Å²) in [6.45, 7) is 5.13. The molecule has 1 N–H and O–H groups in total. The molecule has 1 aromatic heterocycles.